The van der Waals surface area contributed by atoms with Gasteiger partial charge in [0.25, 0.3) is 0 Å². The lowest BCUT2D eigenvalue weighted by molar-refractivity contribution is 0.366. The topological polar surface area (TPSA) is 64.9 Å². The predicted octanol–water partition coefficient (Wildman–Crippen LogP) is 4.07. The number of nitrogens with two attached hydrogens (primary N) is 1. The van der Waals surface area contributed by atoms with Crippen molar-refractivity contribution in [2.24, 2.45) is 0 Å². The number of rotatable bonds is 3. The second-order valence-corrected chi connectivity index (χ2v) is 6.01. The van der Waals surface area contributed by atoms with E-state index in [1.54, 1.807) is 0 Å². The molecule has 0 atom stereocenters. The van der Waals surface area contributed by atoms with Gasteiger partial charge in [-0.25, -0.2) is 0 Å². The van der Waals surface area contributed by atoms with Crippen LogP contribution in [-0.2, 0) is 6.42 Å². The SMILES string of the molecule is Nc1ccc(Cc2nc(C3CCCCCCC3)no2)cc1. The fourth-order valence-electron chi connectivity index (χ4n) is 3.03. The lowest BCUT2D eigenvalue weighted by atomic mass is 9.91. The van der Waals surface area contributed by atoms with E-state index < -0.39 is 0 Å². The van der Waals surface area contributed by atoms with Crippen molar-refractivity contribution in [2.75, 3.05) is 5.73 Å². The Kier molecular flexibility index (Phi) is 4.53. The average molecular weight is 285 g/mol. The summed E-state index contributed by atoms with van der Waals surface area (Å²) >= 11 is 0. The normalized spacial score (nSPS) is 17.3. The summed E-state index contributed by atoms with van der Waals surface area (Å²) in [5.41, 5.74) is 7.63. The molecule has 1 aromatic carbocycles. The fraction of sp³-hybridized carbons (Fsp3) is 0.529. The number of aromatic nitrogens is 2. The molecule has 2 aromatic rings. The van der Waals surface area contributed by atoms with Gasteiger partial charge in [-0.2, -0.15) is 4.98 Å². The Morgan fingerprint density at radius 1 is 1.00 bits per heavy atom. The molecule has 1 heterocycles. The van der Waals surface area contributed by atoms with E-state index in [0.717, 1.165) is 17.1 Å². The van der Waals surface area contributed by atoms with Crippen LogP contribution >= 0.6 is 0 Å². The maximum absolute atomic E-state index is 5.70. The van der Waals surface area contributed by atoms with Crippen LogP contribution in [0.3, 0.4) is 0 Å². The third kappa shape index (κ3) is 3.84. The van der Waals surface area contributed by atoms with Crippen molar-refractivity contribution >= 4 is 5.69 Å². The number of hydrogen-bond acceptors (Lipinski definition) is 4. The standard InChI is InChI=1S/C17H23N3O/c18-15-10-8-13(9-11-15)12-16-19-17(20-21-16)14-6-4-2-1-3-5-7-14/h8-11,14H,1-7,12,18H2. The van der Waals surface area contributed by atoms with Crippen LogP contribution in [-0.4, -0.2) is 10.1 Å². The largest absolute Gasteiger partial charge is 0.399 e. The van der Waals surface area contributed by atoms with Crippen LogP contribution in [0.1, 0.15) is 68.1 Å². The Morgan fingerprint density at radius 2 is 1.67 bits per heavy atom. The van der Waals surface area contributed by atoms with E-state index in [9.17, 15) is 0 Å². The van der Waals surface area contributed by atoms with Gasteiger partial charge in [-0.3, -0.25) is 0 Å². The molecule has 2 N–H and O–H groups in total. The van der Waals surface area contributed by atoms with Gasteiger partial charge in [-0.15, -0.1) is 0 Å². The quantitative estimate of drug-likeness (QED) is 0.863. The second-order valence-electron chi connectivity index (χ2n) is 6.01. The molecule has 1 aliphatic carbocycles. The van der Waals surface area contributed by atoms with Crippen LogP contribution in [0.4, 0.5) is 5.69 Å². The maximum Gasteiger partial charge on any atom is 0.231 e. The van der Waals surface area contributed by atoms with Crippen LogP contribution in [0.2, 0.25) is 0 Å². The summed E-state index contributed by atoms with van der Waals surface area (Å²) < 4.78 is 5.43. The highest BCUT2D eigenvalue weighted by Gasteiger charge is 2.19. The smallest absolute Gasteiger partial charge is 0.231 e. The molecule has 4 heteroatoms. The average Bonchev–Trinajstić information content (AvgIpc) is 2.89. The molecule has 21 heavy (non-hydrogen) atoms. The fourth-order valence-corrected chi connectivity index (χ4v) is 3.03. The van der Waals surface area contributed by atoms with Crippen molar-refractivity contribution in [2.45, 2.75) is 57.3 Å². The zero-order chi connectivity index (χ0) is 14.5. The van der Waals surface area contributed by atoms with E-state index in [1.807, 2.05) is 24.3 Å². The molecule has 0 bridgehead atoms. The summed E-state index contributed by atoms with van der Waals surface area (Å²) in [4.78, 5) is 4.61. The minimum Gasteiger partial charge on any atom is -0.399 e. The molecule has 1 saturated carbocycles. The third-order valence-corrected chi connectivity index (χ3v) is 4.29. The van der Waals surface area contributed by atoms with E-state index in [1.165, 1.54) is 44.9 Å². The first-order valence-electron chi connectivity index (χ1n) is 7.98. The zero-order valence-electron chi connectivity index (χ0n) is 12.4. The summed E-state index contributed by atoms with van der Waals surface area (Å²) in [7, 11) is 0. The summed E-state index contributed by atoms with van der Waals surface area (Å²) in [6.45, 7) is 0. The Labute approximate surface area is 125 Å². The van der Waals surface area contributed by atoms with Crippen molar-refractivity contribution < 1.29 is 4.52 Å². The van der Waals surface area contributed by atoms with Crippen LogP contribution in [0.25, 0.3) is 0 Å². The van der Waals surface area contributed by atoms with Gasteiger partial charge in [0.2, 0.25) is 5.89 Å². The van der Waals surface area contributed by atoms with Crippen LogP contribution in [0.15, 0.2) is 28.8 Å². The van der Waals surface area contributed by atoms with Gasteiger partial charge in [-0.05, 0) is 30.5 Å². The van der Waals surface area contributed by atoms with Gasteiger partial charge in [0.15, 0.2) is 5.82 Å². The Morgan fingerprint density at radius 3 is 2.38 bits per heavy atom. The number of hydrogen-bond donors (Lipinski definition) is 1. The Hall–Kier alpha value is -1.84. The molecule has 0 amide bonds. The monoisotopic (exact) mass is 285 g/mol. The molecule has 0 unspecified atom stereocenters. The first-order chi connectivity index (χ1) is 10.3. The highest BCUT2D eigenvalue weighted by molar-refractivity contribution is 5.39. The minimum atomic E-state index is 0.481. The number of nitrogen functional groups attached to an aromatic ring is 1. The second kappa shape index (κ2) is 6.74. The van der Waals surface area contributed by atoms with Gasteiger partial charge >= 0.3 is 0 Å². The highest BCUT2D eigenvalue weighted by atomic mass is 16.5. The summed E-state index contributed by atoms with van der Waals surface area (Å²) in [5.74, 6) is 2.09. The molecule has 112 valence electrons. The zero-order valence-corrected chi connectivity index (χ0v) is 12.4. The van der Waals surface area contributed by atoms with E-state index >= 15 is 0 Å². The van der Waals surface area contributed by atoms with Crippen LogP contribution in [0, 0.1) is 0 Å². The molecule has 4 nitrogen and oxygen atoms in total. The van der Waals surface area contributed by atoms with Gasteiger partial charge in [-0.1, -0.05) is 49.4 Å². The third-order valence-electron chi connectivity index (χ3n) is 4.29. The van der Waals surface area contributed by atoms with Crippen molar-refractivity contribution in [1.82, 2.24) is 10.1 Å². The van der Waals surface area contributed by atoms with E-state index in [0.29, 0.717) is 18.2 Å². The molecule has 1 fully saturated rings. The minimum absolute atomic E-state index is 0.481. The molecular weight excluding hydrogens is 262 g/mol. The lowest BCUT2D eigenvalue weighted by Crippen LogP contribution is -2.04. The highest BCUT2D eigenvalue weighted by Crippen LogP contribution is 2.29. The molecule has 0 aliphatic heterocycles. The molecule has 1 aliphatic rings. The summed E-state index contributed by atoms with van der Waals surface area (Å²) in [6, 6.07) is 7.83. The number of nitrogens with zero attached hydrogens (tertiary/aromatic N) is 2. The van der Waals surface area contributed by atoms with Gasteiger partial charge in [0, 0.05) is 11.6 Å². The van der Waals surface area contributed by atoms with Crippen molar-refractivity contribution in [1.29, 1.82) is 0 Å². The first-order valence-corrected chi connectivity index (χ1v) is 7.98. The van der Waals surface area contributed by atoms with Crippen LogP contribution in [0.5, 0.6) is 0 Å². The lowest BCUT2D eigenvalue weighted by Gasteiger charge is -2.15. The summed E-state index contributed by atoms with van der Waals surface area (Å²) in [5, 5.41) is 4.22. The van der Waals surface area contributed by atoms with Crippen molar-refractivity contribution in [3.63, 3.8) is 0 Å². The Balaban J connectivity index is 1.66. The number of benzene rings is 1. The molecular formula is C17H23N3O. The predicted molar refractivity (Wildman–Crippen MR) is 83.0 cm³/mol. The molecule has 1 aromatic heterocycles. The van der Waals surface area contributed by atoms with Crippen molar-refractivity contribution in [3.05, 3.63) is 41.5 Å². The summed E-state index contributed by atoms with van der Waals surface area (Å²) in [6.07, 6.45) is 9.70. The van der Waals surface area contributed by atoms with Gasteiger partial charge in [0.1, 0.15) is 0 Å². The van der Waals surface area contributed by atoms with E-state index in [-0.39, 0.29) is 0 Å². The molecule has 0 spiro atoms. The van der Waals surface area contributed by atoms with Gasteiger partial charge < -0.3 is 10.3 Å². The molecule has 0 saturated heterocycles. The molecule has 0 radical (unpaired) electrons. The van der Waals surface area contributed by atoms with Crippen LogP contribution < -0.4 is 5.73 Å². The number of anilines is 1. The van der Waals surface area contributed by atoms with E-state index in [2.05, 4.69) is 10.1 Å². The first kappa shape index (κ1) is 14.1. The van der Waals surface area contributed by atoms with Gasteiger partial charge in [0.05, 0.1) is 6.42 Å². The van der Waals surface area contributed by atoms with E-state index in [4.69, 9.17) is 10.3 Å². The molecule has 3 rings (SSSR count). The van der Waals surface area contributed by atoms with Crippen molar-refractivity contribution in [3.8, 4) is 0 Å². The maximum atomic E-state index is 5.70. The Bertz CT molecular complexity index is 554.